The Kier molecular flexibility index (Phi) is 6.51. The van der Waals surface area contributed by atoms with E-state index in [1.165, 1.54) is 7.05 Å². The molecule has 0 bridgehead atoms. The molecule has 1 amide bonds. The van der Waals surface area contributed by atoms with Crippen molar-refractivity contribution in [1.82, 2.24) is 5.32 Å². The second-order valence-electron chi connectivity index (χ2n) is 5.47. The lowest BCUT2D eigenvalue weighted by molar-refractivity contribution is -0.114. The van der Waals surface area contributed by atoms with Crippen LogP contribution < -0.4 is 10.1 Å². The van der Waals surface area contributed by atoms with Gasteiger partial charge in [-0.05, 0) is 36.6 Å². The van der Waals surface area contributed by atoms with E-state index in [1.54, 1.807) is 12.1 Å². The number of aryl methyl sites for hydroxylation is 2. The molecule has 5 nitrogen and oxygen atoms in total. The number of hydrogen-bond donors (Lipinski definition) is 1. The Balaban J connectivity index is 2.30. The molecule has 0 fully saturated rings. The maximum Gasteiger partial charge on any atom is 0.273 e. The van der Waals surface area contributed by atoms with E-state index in [0.717, 1.165) is 22.4 Å². The minimum atomic E-state index is -1.11. The first-order valence-electron chi connectivity index (χ1n) is 7.83. The molecular formula is C19H21FN2O3. The minimum Gasteiger partial charge on any atom is -0.489 e. The Labute approximate surface area is 146 Å². The average Bonchev–Trinajstić information content (AvgIpc) is 2.63. The van der Waals surface area contributed by atoms with Crippen molar-refractivity contribution in [2.45, 2.75) is 20.5 Å². The average molecular weight is 344 g/mol. The third-order valence-corrected chi connectivity index (χ3v) is 3.65. The lowest BCUT2D eigenvalue weighted by atomic mass is 10.0. The van der Waals surface area contributed by atoms with Crippen molar-refractivity contribution in [3.63, 3.8) is 0 Å². The number of nitrogens with one attached hydrogen (secondary N) is 1. The number of carbonyl (C=O) groups is 1. The zero-order valence-corrected chi connectivity index (χ0v) is 14.5. The van der Waals surface area contributed by atoms with Crippen molar-refractivity contribution in [3.8, 4) is 5.75 Å². The van der Waals surface area contributed by atoms with Crippen LogP contribution in [0.1, 0.15) is 22.3 Å². The van der Waals surface area contributed by atoms with Gasteiger partial charge in [0.25, 0.3) is 12.8 Å². The number of rotatable bonds is 7. The van der Waals surface area contributed by atoms with E-state index in [9.17, 15) is 9.18 Å². The molecule has 0 atom stereocenters. The van der Waals surface area contributed by atoms with Gasteiger partial charge in [-0.2, -0.15) is 0 Å². The molecule has 0 radical (unpaired) electrons. The van der Waals surface area contributed by atoms with Crippen LogP contribution in [0.25, 0.3) is 0 Å². The maximum absolute atomic E-state index is 12.3. The van der Waals surface area contributed by atoms with Crippen molar-refractivity contribution < 1.29 is 18.8 Å². The Morgan fingerprint density at radius 1 is 1.20 bits per heavy atom. The van der Waals surface area contributed by atoms with Gasteiger partial charge in [0, 0.05) is 12.6 Å². The minimum absolute atomic E-state index is 0.000291. The molecule has 1 N–H and O–H groups in total. The summed E-state index contributed by atoms with van der Waals surface area (Å²) in [6.45, 7) is 3.09. The number of alkyl halides is 1. The molecule has 0 heterocycles. The fourth-order valence-corrected chi connectivity index (χ4v) is 2.32. The number of amides is 1. The first kappa shape index (κ1) is 18.4. The van der Waals surface area contributed by atoms with E-state index in [0.29, 0.717) is 5.56 Å². The van der Waals surface area contributed by atoms with Crippen molar-refractivity contribution in [2.24, 2.45) is 5.16 Å². The van der Waals surface area contributed by atoms with Gasteiger partial charge in [-0.1, -0.05) is 41.6 Å². The van der Waals surface area contributed by atoms with Crippen LogP contribution in [0.5, 0.6) is 5.75 Å². The molecule has 2 aromatic carbocycles. The number of oxime groups is 1. The normalized spacial score (nSPS) is 11.1. The number of halogens is 1. The predicted octanol–water partition coefficient (Wildman–Crippen LogP) is 3.28. The molecule has 0 spiro atoms. The number of ether oxygens (including phenoxy) is 1. The van der Waals surface area contributed by atoms with Crippen LogP contribution in [0.2, 0.25) is 0 Å². The molecule has 0 saturated carbocycles. The summed E-state index contributed by atoms with van der Waals surface area (Å²) in [5.41, 5.74) is 3.39. The highest BCUT2D eigenvalue weighted by atomic mass is 19.1. The third-order valence-electron chi connectivity index (χ3n) is 3.65. The second kappa shape index (κ2) is 8.82. The highest BCUT2D eigenvalue weighted by Crippen LogP contribution is 2.21. The van der Waals surface area contributed by atoms with Gasteiger partial charge in [-0.3, -0.25) is 4.79 Å². The summed E-state index contributed by atoms with van der Waals surface area (Å²) in [5, 5.41) is 6.08. The topological polar surface area (TPSA) is 59.9 Å². The zero-order valence-electron chi connectivity index (χ0n) is 14.5. The summed E-state index contributed by atoms with van der Waals surface area (Å²) in [5.74, 6) is 0.306. The van der Waals surface area contributed by atoms with E-state index in [1.807, 2.05) is 44.2 Å². The van der Waals surface area contributed by atoms with Gasteiger partial charge >= 0.3 is 0 Å². The summed E-state index contributed by atoms with van der Waals surface area (Å²) in [7, 11) is 1.47. The van der Waals surface area contributed by atoms with Crippen LogP contribution in [0.15, 0.2) is 47.6 Å². The van der Waals surface area contributed by atoms with Crippen LogP contribution in [-0.4, -0.2) is 25.5 Å². The molecule has 0 aliphatic carbocycles. The number of benzene rings is 2. The lowest BCUT2D eigenvalue weighted by Crippen LogP contribution is -2.29. The fourth-order valence-electron chi connectivity index (χ4n) is 2.32. The number of hydrogen-bond acceptors (Lipinski definition) is 4. The Hall–Kier alpha value is -2.89. The van der Waals surface area contributed by atoms with Gasteiger partial charge in [-0.25, -0.2) is 4.39 Å². The van der Waals surface area contributed by atoms with E-state index in [-0.39, 0.29) is 12.3 Å². The quantitative estimate of drug-likeness (QED) is 0.619. The summed E-state index contributed by atoms with van der Waals surface area (Å²) in [6, 6.07) is 13.1. The van der Waals surface area contributed by atoms with E-state index < -0.39 is 12.8 Å². The zero-order chi connectivity index (χ0) is 18.2. The molecule has 0 aliphatic heterocycles. The van der Waals surface area contributed by atoms with Gasteiger partial charge in [0.05, 0.1) is 0 Å². The van der Waals surface area contributed by atoms with Gasteiger partial charge < -0.3 is 14.9 Å². The molecule has 25 heavy (non-hydrogen) atoms. The van der Waals surface area contributed by atoms with Gasteiger partial charge in [0.2, 0.25) is 0 Å². The summed E-state index contributed by atoms with van der Waals surface area (Å²) >= 11 is 0. The van der Waals surface area contributed by atoms with Gasteiger partial charge in [-0.15, -0.1) is 0 Å². The molecule has 0 unspecified atom stereocenters. The SMILES string of the molecule is CNC(=O)C(=NOCF)c1ccccc1COc1cc(C)ccc1C. The Morgan fingerprint density at radius 2 is 1.96 bits per heavy atom. The molecule has 2 aromatic rings. The molecule has 6 heteroatoms. The van der Waals surface area contributed by atoms with Crippen molar-refractivity contribution in [1.29, 1.82) is 0 Å². The molecule has 0 aliphatic rings. The van der Waals surface area contributed by atoms with Crippen LogP contribution in [0.4, 0.5) is 4.39 Å². The first-order chi connectivity index (χ1) is 12.1. The van der Waals surface area contributed by atoms with Crippen LogP contribution in [0, 0.1) is 13.8 Å². The maximum atomic E-state index is 12.3. The molecule has 132 valence electrons. The second-order valence-corrected chi connectivity index (χ2v) is 5.47. The molecule has 2 rings (SSSR count). The Bertz CT molecular complexity index is 775. The monoisotopic (exact) mass is 344 g/mol. The highest BCUT2D eigenvalue weighted by molar-refractivity contribution is 6.45. The lowest BCUT2D eigenvalue weighted by Gasteiger charge is -2.13. The molecular weight excluding hydrogens is 323 g/mol. The highest BCUT2D eigenvalue weighted by Gasteiger charge is 2.17. The molecule has 0 aromatic heterocycles. The Morgan fingerprint density at radius 3 is 2.68 bits per heavy atom. The summed E-state index contributed by atoms with van der Waals surface area (Å²) in [4.78, 5) is 16.5. The van der Waals surface area contributed by atoms with E-state index in [2.05, 4.69) is 15.3 Å². The fraction of sp³-hybridized carbons (Fsp3) is 0.263. The number of likely N-dealkylation sites (N-methyl/N-ethyl adjacent to an activating group) is 1. The van der Waals surface area contributed by atoms with Gasteiger partial charge in [0.15, 0.2) is 5.71 Å². The van der Waals surface area contributed by atoms with E-state index in [4.69, 9.17) is 4.74 Å². The van der Waals surface area contributed by atoms with Crippen molar-refractivity contribution in [3.05, 3.63) is 64.7 Å². The standard InChI is InChI=1S/C19H21FN2O3/c1-13-8-9-14(2)17(10-13)24-11-15-6-4-5-7-16(15)18(19(23)21-3)22-25-12-20/h4-10H,11-12H2,1-3H3,(H,21,23). The largest absolute Gasteiger partial charge is 0.489 e. The summed E-state index contributed by atoms with van der Waals surface area (Å²) < 4.78 is 18.2. The smallest absolute Gasteiger partial charge is 0.273 e. The summed E-state index contributed by atoms with van der Waals surface area (Å²) in [6.07, 6.45) is 0. The van der Waals surface area contributed by atoms with E-state index >= 15 is 0 Å². The molecule has 0 saturated heterocycles. The van der Waals surface area contributed by atoms with Crippen LogP contribution in [0.3, 0.4) is 0 Å². The predicted molar refractivity (Wildman–Crippen MR) is 94.4 cm³/mol. The number of carbonyl (C=O) groups excluding carboxylic acids is 1. The van der Waals surface area contributed by atoms with Crippen molar-refractivity contribution >= 4 is 11.6 Å². The van der Waals surface area contributed by atoms with Crippen LogP contribution in [-0.2, 0) is 16.2 Å². The van der Waals surface area contributed by atoms with Crippen molar-refractivity contribution in [2.75, 3.05) is 13.9 Å². The number of nitrogens with zero attached hydrogens (tertiary/aromatic N) is 1. The van der Waals surface area contributed by atoms with Gasteiger partial charge in [0.1, 0.15) is 12.4 Å². The first-order valence-corrected chi connectivity index (χ1v) is 7.83. The van der Waals surface area contributed by atoms with Crippen LogP contribution >= 0.6 is 0 Å². The third kappa shape index (κ3) is 4.79.